The van der Waals surface area contributed by atoms with Crippen LogP contribution >= 0.6 is 24.8 Å². The van der Waals surface area contributed by atoms with Gasteiger partial charge in [-0.15, -0.1) is 24.8 Å². The first kappa shape index (κ1) is 35.5. The highest BCUT2D eigenvalue weighted by atomic mass is 35.5. The van der Waals surface area contributed by atoms with E-state index in [4.69, 9.17) is 20.9 Å². The van der Waals surface area contributed by atoms with Gasteiger partial charge in [0, 0.05) is 13.1 Å². The lowest BCUT2D eigenvalue weighted by molar-refractivity contribution is -0.0381. The third-order valence-corrected chi connectivity index (χ3v) is 6.64. The molecule has 0 spiro atoms. The lowest BCUT2D eigenvalue weighted by atomic mass is 9.64. The largest absolute Gasteiger partial charge is 0.444 e. The Kier molecular flexibility index (Phi) is 16.0. The Morgan fingerprint density at radius 1 is 0.711 bits per heavy atom. The van der Waals surface area contributed by atoms with Crippen LogP contribution < -0.4 is 22.1 Å². The van der Waals surface area contributed by atoms with E-state index in [1.54, 1.807) is 13.8 Å². The predicted molar refractivity (Wildman–Crippen MR) is 157 cm³/mol. The minimum absolute atomic E-state index is 0. The van der Waals surface area contributed by atoms with Crippen LogP contribution in [-0.2, 0) is 20.6 Å². The number of carbonyl (C=O) groups excluding carboxylic acids is 2. The number of ether oxygens (including phenoxy) is 2. The molecule has 2 rings (SSSR count). The number of hydrogen-bond donors (Lipinski definition) is 4. The molecule has 0 aromatic heterocycles. The minimum atomic E-state index is -1.47. The summed E-state index contributed by atoms with van der Waals surface area (Å²) in [5.74, 6) is 0. The second-order valence-corrected chi connectivity index (χ2v) is 9.13. The van der Waals surface area contributed by atoms with Crippen molar-refractivity contribution < 1.29 is 19.1 Å². The fourth-order valence-corrected chi connectivity index (χ4v) is 4.37. The van der Waals surface area contributed by atoms with Gasteiger partial charge in [0.2, 0.25) is 0 Å². The molecule has 10 heteroatoms. The van der Waals surface area contributed by atoms with E-state index >= 15 is 0 Å². The van der Waals surface area contributed by atoms with Crippen LogP contribution in [0.25, 0.3) is 0 Å². The van der Waals surface area contributed by atoms with Gasteiger partial charge >= 0.3 is 12.2 Å². The first-order valence-corrected chi connectivity index (χ1v) is 12.8. The van der Waals surface area contributed by atoms with Crippen molar-refractivity contribution in [2.45, 2.75) is 76.7 Å². The molecule has 0 heterocycles. The highest BCUT2D eigenvalue weighted by molar-refractivity contribution is 5.85. The van der Waals surface area contributed by atoms with Crippen LogP contribution in [0.3, 0.4) is 0 Å². The molecule has 214 valence electrons. The molecule has 8 nitrogen and oxygen atoms in total. The fourth-order valence-electron chi connectivity index (χ4n) is 4.37. The monoisotopic (exact) mass is 570 g/mol. The molecule has 0 radical (unpaired) electrons. The molecule has 0 fully saturated rings. The number of unbranched alkanes of at least 4 members (excludes halogenated alkanes) is 2. The van der Waals surface area contributed by atoms with Crippen molar-refractivity contribution in [1.29, 1.82) is 0 Å². The quantitative estimate of drug-likeness (QED) is 0.240. The number of alkyl carbamates (subject to hydrolysis) is 2. The van der Waals surface area contributed by atoms with Gasteiger partial charge < -0.3 is 31.6 Å². The van der Waals surface area contributed by atoms with E-state index in [2.05, 4.69) is 10.6 Å². The highest BCUT2D eigenvalue weighted by Gasteiger charge is 2.58. The van der Waals surface area contributed by atoms with Crippen LogP contribution in [-0.4, -0.2) is 37.5 Å². The van der Waals surface area contributed by atoms with Crippen molar-refractivity contribution in [3.63, 3.8) is 0 Å². The first-order valence-electron chi connectivity index (χ1n) is 12.8. The van der Waals surface area contributed by atoms with Gasteiger partial charge in [-0.25, -0.2) is 9.59 Å². The van der Waals surface area contributed by atoms with Gasteiger partial charge in [-0.3, -0.25) is 0 Å². The van der Waals surface area contributed by atoms with Crippen LogP contribution in [0.1, 0.15) is 64.5 Å². The van der Waals surface area contributed by atoms with Gasteiger partial charge in [0.25, 0.3) is 0 Å². The van der Waals surface area contributed by atoms with Crippen LogP contribution in [0.15, 0.2) is 60.7 Å². The van der Waals surface area contributed by atoms with E-state index in [-0.39, 0.29) is 24.8 Å². The third-order valence-electron chi connectivity index (χ3n) is 6.64. The van der Waals surface area contributed by atoms with Gasteiger partial charge in [-0.1, -0.05) is 87.4 Å². The molecule has 0 aliphatic heterocycles. The summed E-state index contributed by atoms with van der Waals surface area (Å²) in [4.78, 5) is 25.3. The second kappa shape index (κ2) is 17.1. The number of rotatable bonds is 13. The van der Waals surface area contributed by atoms with Crippen molar-refractivity contribution in [2.75, 3.05) is 13.1 Å². The summed E-state index contributed by atoms with van der Waals surface area (Å²) in [5, 5.41) is 5.53. The molecule has 0 bridgehead atoms. The number of halogens is 2. The van der Waals surface area contributed by atoms with E-state index in [0.29, 0.717) is 24.2 Å². The number of carbonyl (C=O) groups is 2. The molecule has 2 aromatic carbocycles. The van der Waals surface area contributed by atoms with Gasteiger partial charge in [0.05, 0.1) is 0 Å². The Hall–Kier alpha value is -2.52. The maximum Gasteiger partial charge on any atom is 0.407 e. The van der Waals surface area contributed by atoms with E-state index in [9.17, 15) is 9.59 Å². The van der Waals surface area contributed by atoms with Crippen LogP contribution in [0, 0.1) is 0 Å². The van der Waals surface area contributed by atoms with E-state index in [1.165, 1.54) is 0 Å². The molecule has 38 heavy (non-hydrogen) atoms. The maximum atomic E-state index is 12.6. The summed E-state index contributed by atoms with van der Waals surface area (Å²) >= 11 is 0. The Bertz CT molecular complexity index is 877. The molecule has 0 aliphatic rings. The van der Waals surface area contributed by atoms with E-state index in [1.807, 2.05) is 74.5 Å². The third kappa shape index (κ3) is 8.50. The number of benzene rings is 2. The van der Waals surface area contributed by atoms with Crippen LogP contribution in [0.4, 0.5) is 9.59 Å². The average Bonchev–Trinajstić information content (AvgIpc) is 2.88. The van der Waals surface area contributed by atoms with Gasteiger partial charge in [-0.05, 0) is 37.8 Å². The zero-order valence-corrected chi connectivity index (χ0v) is 24.4. The zero-order chi connectivity index (χ0) is 26.6. The Morgan fingerprint density at radius 3 is 1.32 bits per heavy atom. The smallest absolute Gasteiger partial charge is 0.407 e. The van der Waals surface area contributed by atoms with Crippen LogP contribution in [0.2, 0.25) is 0 Å². The molecule has 2 amide bonds. The Labute approximate surface area is 239 Å². The normalized spacial score (nSPS) is 15.2. The fraction of sp³-hybridized carbons (Fsp3) is 0.500. The van der Waals surface area contributed by atoms with Gasteiger partial charge in [0.15, 0.2) is 0 Å². The number of hydrogen-bond acceptors (Lipinski definition) is 6. The van der Waals surface area contributed by atoms with Crippen molar-refractivity contribution in [1.82, 2.24) is 10.6 Å². The van der Waals surface area contributed by atoms with Gasteiger partial charge in [-0.2, -0.15) is 0 Å². The molecular weight excluding hydrogens is 527 g/mol. The van der Waals surface area contributed by atoms with Crippen LogP contribution in [0.5, 0.6) is 0 Å². The SMILES string of the molecule is CCCCNC(=O)OC(C)C(N)(c1ccccc1)C(N)(c1ccccc1)C(C)OC(=O)NCCCC.Cl.Cl. The second-order valence-electron chi connectivity index (χ2n) is 9.13. The number of amides is 2. The summed E-state index contributed by atoms with van der Waals surface area (Å²) in [5.41, 5.74) is 12.8. The van der Waals surface area contributed by atoms with Crippen molar-refractivity contribution >= 4 is 37.0 Å². The van der Waals surface area contributed by atoms with Crippen molar-refractivity contribution in [2.24, 2.45) is 11.5 Å². The van der Waals surface area contributed by atoms with Crippen molar-refractivity contribution in [3.05, 3.63) is 71.8 Å². The molecular formula is C28H44Cl2N4O4. The topological polar surface area (TPSA) is 129 Å². The summed E-state index contributed by atoms with van der Waals surface area (Å²) in [6.07, 6.45) is 0.608. The molecule has 2 aromatic rings. The summed E-state index contributed by atoms with van der Waals surface area (Å²) in [6, 6.07) is 18.5. The van der Waals surface area contributed by atoms with Gasteiger partial charge in [0.1, 0.15) is 23.3 Å². The Balaban J connectivity index is 0.00000684. The Morgan fingerprint density at radius 2 is 1.03 bits per heavy atom. The standard InChI is InChI=1S/C28H42N4O4.2ClH/c1-5-7-19-31-25(33)35-21(3)27(29,23-15-11-9-12-16-23)28(30,24-17-13-10-14-18-24)22(4)36-26(34)32-20-8-6-2;;/h9-18,21-22H,5-8,19-20,29-30H2,1-4H3,(H,31,33)(H,32,34);2*1H. The zero-order valence-electron chi connectivity index (χ0n) is 22.8. The first-order chi connectivity index (χ1) is 17.2. The summed E-state index contributed by atoms with van der Waals surface area (Å²) in [6.45, 7) is 8.50. The molecule has 6 N–H and O–H groups in total. The van der Waals surface area contributed by atoms with Crippen molar-refractivity contribution in [3.8, 4) is 0 Å². The lowest BCUT2D eigenvalue weighted by Crippen LogP contribution is -2.71. The minimum Gasteiger partial charge on any atom is -0.444 e. The molecule has 4 unspecified atom stereocenters. The summed E-state index contributed by atoms with van der Waals surface area (Å²) < 4.78 is 11.6. The van der Waals surface area contributed by atoms with E-state index in [0.717, 1.165) is 25.7 Å². The molecule has 0 saturated heterocycles. The molecule has 0 saturated carbocycles. The highest BCUT2D eigenvalue weighted by Crippen LogP contribution is 2.44. The number of nitrogens with two attached hydrogens (primary N) is 2. The summed E-state index contributed by atoms with van der Waals surface area (Å²) in [7, 11) is 0. The molecule has 4 atom stereocenters. The average molecular weight is 572 g/mol. The number of nitrogens with one attached hydrogen (secondary N) is 2. The lowest BCUT2D eigenvalue weighted by Gasteiger charge is -2.51. The van der Waals surface area contributed by atoms with E-state index < -0.39 is 35.5 Å². The maximum absolute atomic E-state index is 12.6. The molecule has 0 aliphatic carbocycles. The predicted octanol–water partition coefficient (Wildman–Crippen LogP) is 5.37.